The normalized spacial score (nSPS) is 20.1. The first-order chi connectivity index (χ1) is 9.30. The van der Waals surface area contributed by atoms with Gasteiger partial charge in [0, 0.05) is 31.7 Å². The van der Waals surface area contributed by atoms with Gasteiger partial charge in [0.25, 0.3) is 0 Å². The van der Waals surface area contributed by atoms with Gasteiger partial charge < -0.3 is 11.1 Å². The fraction of sp³-hybridized carbons (Fsp3) is 0.417. The first-order valence-corrected chi connectivity index (χ1v) is 7.57. The number of anilines is 1. The summed E-state index contributed by atoms with van der Waals surface area (Å²) in [4.78, 5) is 10.5. The van der Waals surface area contributed by atoms with Gasteiger partial charge in [0.15, 0.2) is 0 Å². The standard InChI is InChI=1S/C12H16FN3O3S/c1-8(17)15-10-2-3-12(11(13)6-10)20(18,19)16-5-4-9(14)7-16/h2-3,6,9H,4-5,7,14H2,1H3,(H,15,17)/t9-/m1/s1. The molecule has 1 aromatic carbocycles. The summed E-state index contributed by atoms with van der Waals surface area (Å²) in [5.41, 5.74) is 5.88. The van der Waals surface area contributed by atoms with E-state index in [0.717, 1.165) is 12.1 Å². The molecule has 1 saturated heterocycles. The van der Waals surface area contributed by atoms with Gasteiger partial charge in [0.1, 0.15) is 10.7 Å². The second-order valence-electron chi connectivity index (χ2n) is 4.74. The number of sulfonamides is 1. The summed E-state index contributed by atoms with van der Waals surface area (Å²) in [5, 5.41) is 2.39. The maximum absolute atomic E-state index is 14.0. The molecular weight excluding hydrogens is 285 g/mol. The Labute approximate surface area is 116 Å². The minimum atomic E-state index is -3.88. The number of nitrogens with zero attached hydrogens (tertiary/aromatic N) is 1. The predicted molar refractivity (Wildman–Crippen MR) is 72.1 cm³/mol. The van der Waals surface area contributed by atoms with Gasteiger partial charge in [-0.25, -0.2) is 12.8 Å². The summed E-state index contributed by atoms with van der Waals surface area (Å²) in [6.07, 6.45) is 0.560. The van der Waals surface area contributed by atoms with Crippen LogP contribution in [0.1, 0.15) is 13.3 Å². The molecule has 0 bridgehead atoms. The van der Waals surface area contributed by atoms with Crippen molar-refractivity contribution in [2.24, 2.45) is 5.73 Å². The van der Waals surface area contributed by atoms with E-state index in [9.17, 15) is 17.6 Å². The van der Waals surface area contributed by atoms with Crippen LogP contribution in [-0.2, 0) is 14.8 Å². The Hall–Kier alpha value is -1.51. The van der Waals surface area contributed by atoms with Crippen molar-refractivity contribution in [3.05, 3.63) is 24.0 Å². The number of amides is 1. The minimum absolute atomic E-state index is 0.190. The highest BCUT2D eigenvalue weighted by Gasteiger charge is 2.32. The molecule has 1 fully saturated rings. The van der Waals surface area contributed by atoms with E-state index in [1.807, 2.05) is 0 Å². The third-order valence-corrected chi connectivity index (χ3v) is 4.96. The Bertz CT molecular complexity index is 633. The highest BCUT2D eigenvalue weighted by molar-refractivity contribution is 7.89. The van der Waals surface area contributed by atoms with E-state index in [4.69, 9.17) is 5.73 Å². The van der Waals surface area contributed by atoms with Crippen LogP contribution in [0.5, 0.6) is 0 Å². The molecule has 8 heteroatoms. The number of hydrogen-bond donors (Lipinski definition) is 2. The van der Waals surface area contributed by atoms with Crippen LogP contribution in [-0.4, -0.2) is 37.8 Å². The molecule has 6 nitrogen and oxygen atoms in total. The summed E-state index contributed by atoms with van der Waals surface area (Å²) in [6.45, 7) is 1.76. The first-order valence-electron chi connectivity index (χ1n) is 6.13. The average molecular weight is 301 g/mol. The Morgan fingerprint density at radius 1 is 1.50 bits per heavy atom. The molecule has 0 aliphatic carbocycles. The number of nitrogens with one attached hydrogen (secondary N) is 1. The number of rotatable bonds is 3. The van der Waals surface area contributed by atoms with Gasteiger partial charge >= 0.3 is 0 Å². The van der Waals surface area contributed by atoms with Gasteiger partial charge in [-0.3, -0.25) is 4.79 Å². The molecule has 1 amide bonds. The van der Waals surface area contributed by atoms with Crippen LogP contribution in [0.25, 0.3) is 0 Å². The third-order valence-electron chi connectivity index (χ3n) is 3.06. The fourth-order valence-electron chi connectivity index (χ4n) is 2.10. The van der Waals surface area contributed by atoms with Crippen LogP contribution in [0.4, 0.5) is 10.1 Å². The summed E-state index contributed by atoms with van der Waals surface area (Å²) in [6, 6.07) is 3.28. The predicted octanol–water partition coefficient (Wildman–Crippen LogP) is 0.506. The zero-order chi connectivity index (χ0) is 14.9. The Morgan fingerprint density at radius 3 is 2.70 bits per heavy atom. The molecule has 1 aromatic rings. The van der Waals surface area contributed by atoms with Crippen molar-refractivity contribution in [1.82, 2.24) is 4.31 Å². The Morgan fingerprint density at radius 2 is 2.20 bits per heavy atom. The number of carbonyl (C=O) groups is 1. The molecule has 1 heterocycles. The van der Waals surface area contributed by atoms with Crippen LogP contribution in [0, 0.1) is 5.82 Å². The maximum atomic E-state index is 14.0. The monoisotopic (exact) mass is 301 g/mol. The lowest BCUT2D eigenvalue weighted by Crippen LogP contribution is -2.32. The van der Waals surface area contributed by atoms with Gasteiger partial charge in [0.05, 0.1) is 0 Å². The maximum Gasteiger partial charge on any atom is 0.246 e. The number of carbonyl (C=O) groups excluding carboxylic acids is 1. The van der Waals surface area contributed by atoms with Crippen LogP contribution in [0.15, 0.2) is 23.1 Å². The van der Waals surface area contributed by atoms with Crippen molar-refractivity contribution >= 4 is 21.6 Å². The van der Waals surface area contributed by atoms with Gasteiger partial charge in [-0.1, -0.05) is 0 Å². The number of hydrogen-bond acceptors (Lipinski definition) is 4. The summed E-state index contributed by atoms with van der Waals surface area (Å²) in [7, 11) is -3.88. The molecule has 0 unspecified atom stereocenters. The average Bonchev–Trinajstić information content (AvgIpc) is 2.75. The molecule has 0 aromatic heterocycles. The molecule has 20 heavy (non-hydrogen) atoms. The third kappa shape index (κ3) is 2.97. The molecule has 2 rings (SSSR count). The summed E-state index contributed by atoms with van der Waals surface area (Å²) >= 11 is 0. The Kier molecular flexibility index (Phi) is 4.07. The first kappa shape index (κ1) is 14.9. The summed E-state index contributed by atoms with van der Waals surface area (Å²) in [5.74, 6) is -1.25. The van der Waals surface area contributed by atoms with E-state index < -0.39 is 20.7 Å². The van der Waals surface area contributed by atoms with Crippen LogP contribution in [0.2, 0.25) is 0 Å². The fourth-order valence-corrected chi connectivity index (χ4v) is 3.66. The van der Waals surface area contributed by atoms with Crippen molar-refractivity contribution < 1.29 is 17.6 Å². The lowest BCUT2D eigenvalue weighted by molar-refractivity contribution is -0.114. The molecule has 0 radical (unpaired) electrons. The van der Waals surface area contributed by atoms with Crippen LogP contribution in [0.3, 0.4) is 0 Å². The SMILES string of the molecule is CC(=O)Nc1ccc(S(=O)(=O)N2CC[C@@H](N)C2)c(F)c1. The molecule has 1 aliphatic heterocycles. The number of halogens is 1. The van der Waals surface area contributed by atoms with Gasteiger partial charge in [0.2, 0.25) is 15.9 Å². The molecule has 1 aliphatic rings. The molecular formula is C12H16FN3O3S. The molecule has 0 saturated carbocycles. The lowest BCUT2D eigenvalue weighted by Gasteiger charge is -2.16. The summed E-state index contributed by atoms with van der Waals surface area (Å²) < 4.78 is 39.7. The van der Waals surface area contributed by atoms with E-state index in [1.165, 1.54) is 17.3 Å². The van der Waals surface area contributed by atoms with Crippen LogP contribution < -0.4 is 11.1 Å². The van der Waals surface area contributed by atoms with E-state index in [1.54, 1.807) is 0 Å². The Balaban J connectivity index is 2.30. The molecule has 3 N–H and O–H groups in total. The van der Waals surface area contributed by atoms with E-state index in [0.29, 0.717) is 6.42 Å². The highest BCUT2D eigenvalue weighted by Crippen LogP contribution is 2.24. The van der Waals surface area contributed by atoms with Crippen molar-refractivity contribution in [3.8, 4) is 0 Å². The van der Waals surface area contributed by atoms with Gasteiger partial charge in [-0.05, 0) is 24.6 Å². The van der Waals surface area contributed by atoms with Crippen molar-refractivity contribution in [3.63, 3.8) is 0 Å². The molecule has 110 valence electrons. The second kappa shape index (κ2) is 5.47. The van der Waals surface area contributed by atoms with E-state index in [-0.39, 0.29) is 30.7 Å². The lowest BCUT2D eigenvalue weighted by atomic mass is 10.3. The van der Waals surface area contributed by atoms with E-state index in [2.05, 4.69) is 5.32 Å². The molecule has 1 atom stereocenters. The molecule has 0 spiro atoms. The van der Waals surface area contributed by atoms with Gasteiger partial charge in [-0.15, -0.1) is 0 Å². The van der Waals surface area contributed by atoms with Crippen molar-refractivity contribution in [2.45, 2.75) is 24.3 Å². The number of benzene rings is 1. The zero-order valence-electron chi connectivity index (χ0n) is 11.0. The zero-order valence-corrected chi connectivity index (χ0v) is 11.8. The largest absolute Gasteiger partial charge is 0.326 e. The van der Waals surface area contributed by atoms with Crippen molar-refractivity contribution in [2.75, 3.05) is 18.4 Å². The van der Waals surface area contributed by atoms with Crippen molar-refractivity contribution in [1.29, 1.82) is 0 Å². The van der Waals surface area contributed by atoms with Crippen LogP contribution >= 0.6 is 0 Å². The second-order valence-corrected chi connectivity index (χ2v) is 6.64. The highest BCUT2D eigenvalue weighted by atomic mass is 32.2. The van der Waals surface area contributed by atoms with Gasteiger partial charge in [-0.2, -0.15) is 4.31 Å². The smallest absolute Gasteiger partial charge is 0.246 e. The van der Waals surface area contributed by atoms with E-state index >= 15 is 0 Å². The quantitative estimate of drug-likeness (QED) is 0.850. The minimum Gasteiger partial charge on any atom is -0.326 e. The number of nitrogens with two attached hydrogens (primary N) is 1. The topological polar surface area (TPSA) is 92.5 Å².